The number of hydrogen-bond acceptors (Lipinski definition) is 4. The third-order valence-corrected chi connectivity index (χ3v) is 3.60. The van der Waals surface area contributed by atoms with Crippen molar-refractivity contribution in [1.82, 2.24) is 9.97 Å². The number of rotatable bonds is 2. The minimum atomic E-state index is -0.629. The zero-order valence-electron chi connectivity index (χ0n) is 11.8. The van der Waals surface area contributed by atoms with Gasteiger partial charge in [0.05, 0.1) is 17.4 Å². The van der Waals surface area contributed by atoms with E-state index in [4.69, 9.17) is 11.6 Å². The van der Waals surface area contributed by atoms with E-state index in [2.05, 4.69) is 9.97 Å². The molecule has 0 N–H and O–H groups in total. The molecule has 5 nitrogen and oxygen atoms in total. The van der Waals surface area contributed by atoms with E-state index in [1.165, 1.54) is 17.0 Å². The monoisotopic (exact) mass is 319 g/mol. The maximum Gasteiger partial charge on any atom is 0.299 e. The predicted octanol–water partition coefficient (Wildman–Crippen LogP) is 2.87. The van der Waals surface area contributed by atoms with Gasteiger partial charge in [-0.1, -0.05) is 6.07 Å². The summed E-state index contributed by atoms with van der Waals surface area (Å²) in [6.45, 7) is 3.60. The Hall–Kier alpha value is -2.34. The van der Waals surface area contributed by atoms with Gasteiger partial charge >= 0.3 is 0 Å². The van der Waals surface area contributed by atoms with Gasteiger partial charge in [0.1, 0.15) is 5.69 Å². The molecule has 112 valence electrons. The first-order chi connectivity index (χ1) is 10.4. The SMILES string of the molecule is CC(C)N1C(=O)C(=O)c2ccc(-c3nc(Cl)ncc3F)cc21. The van der Waals surface area contributed by atoms with Crippen molar-refractivity contribution < 1.29 is 14.0 Å². The number of benzene rings is 1. The van der Waals surface area contributed by atoms with Crippen molar-refractivity contribution in [2.75, 3.05) is 4.90 Å². The summed E-state index contributed by atoms with van der Waals surface area (Å²) in [6.07, 6.45) is 0.981. The van der Waals surface area contributed by atoms with Crippen LogP contribution in [0.15, 0.2) is 24.4 Å². The fourth-order valence-corrected chi connectivity index (χ4v) is 2.60. The molecule has 0 fully saturated rings. The first-order valence-corrected chi connectivity index (χ1v) is 6.98. The molecule has 22 heavy (non-hydrogen) atoms. The quantitative estimate of drug-likeness (QED) is 0.630. The highest BCUT2D eigenvalue weighted by atomic mass is 35.5. The van der Waals surface area contributed by atoms with Crippen molar-refractivity contribution in [1.29, 1.82) is 0 Å². The van der Waals surface area contributed by atoms with Gasteiger partial charge in [0.25, 0.3) is 11.7 Å². The summed E-state index contributed by atoms with van der Waals surface area (Å²) >= 11 is 5.70. The normalized spacial score (nSPS) is 14.0. The molecule has 0 saturated heterocycles. The number of fused-ring (bicyclic) bond motifs is 1. The molecule has 2 heterocycles. The number of carbonyl (C=O) groups is 2. The van der Waals surface area contributed by atoms with E-state index in [0.717, 1.165) is 6.20 Å². The van der Waals surface area contributed by atoms with Gasteiger partial charge in [-0.05, 0) is 37.6 Å². The molecule has 2 aromatic rings. The summed E-state index contributed by atoms with van der Waals surface area (Å²) in [7, 11) is 0. The number of ketones is 1. The van der Waals surface area contributed by atoms with Crippen LogP contribution < -0.4 is 4.90 Å². The molecule has 7 heteroatoms. The Labute approximate surface area is 130 Å². The smallest absolute Gasteiger partial charge is 0.299 e. The molecule has 0 unspecified atom stereocenters. The van der Waals surface area contributed by atoms with Crippen molar-refractivity contribution in [2.45, 2.75) is 19.9 Å². The van der Waals surface area contributed by atoms with E-state index in [1.54, 1.807) is 19.9 Å². The maximum absolute atomic E-state index is 13.9. The summed E-state index contributed by atoms with van der Waals surface area (Å²) in [6, 6.07) is 4.42. The van der Waals surface area contributed by atoms with Crippen LogP contribution in [0.5, 0.6) is 0 Å². The lowest BCUT2D eigenvalue weighted by molar-refractivity contribution is -0.114. The number of halogens is 2. The zero-order valence-corrected chi connectivity index (χ0v) is 12.6. The summed E-state index contributed by atoms with van der Waals surface area (Å²) in [4.78, 5) is 32.8. The molecule has 1 amide bonds. The van der Waals surface area contributed by atoms with Crippen LogP contribution in [0.4, 0.5) is 10.1 Å². The molecule has 0 radical (unpaired) electrons. The molecule has 1 aromatic carbocycles. The first kappa shape index (κ1) is 14.6. The lowest BCUT2D eigenvalue weighted by Crippen LogP contribution is -2.35. The van der Waals surface area contributed by atoms with Crippen molar-refractivity contribution in [3.05, 3.63) is 41.1 Å². The molecule has 0 spiro atoms. The number of anilines is 1. The largest absolute Gasteiger partial charge is 0.302 e. The van der Waals surface area contributed by atoms with E-state index < -0.39 is 17.5 Å². The Morgan fingerprint density at radius 2 is 2.00 bits per heavy atom. The summed E-state index contributed by atoms with van der Waals surface area (Å²) in [5.74, 6) is -1.77. The molecule has 0 bridgehead atoms. The topological polar surface area (TPSA) is 63.2 Å². The second-order valence-corrected chi connectivity index (χ2v) is 5.50. The van der Waals surface area contributed by atoms with Crippen molar-refractivity contribution in [3.8, 4) is 11.3 Å². The highest BCUT2D eigenvalue weighted by Gasteiger charge is 2.37. The average molecular weight is 320 g/mol. The van der Waals surface area contributed by atoms with Crippen LogP contribution in [-0.2, 0) is 4.79 Å². The van der Waals surface area contributed by atoms with E-state index in [9.17, 15) is 14.0 Å². The van der Waals surface area contributed by atoms with E-state index in [1.807, 2.05) is 0 Å². The molecule has 1 aliphatic rings. The van der Waals surface area contributed by atoms with E-state index in [0.29, 0.717) is 16.8 Å². The van der Waals surface area contributed by atoms with Crippen LogP contribution in [0.25, 0.3) is 11.3 Å². The van der Waals surface area contributed by atoms with Gasteiger partial charge in [-0.2, -0.15) is 0 Å². The lowest BCUT2D eigenvalue weighted by Gasteiger charge is -2.21. The van der Waals surface area contributed by atoms with Gasteiger partial charge in [0.2, 0.25) is 5.28 Å². The predicted molar refractivity (Wildman–Crippen MR) is 79.4 cm³/mol. The molecular weight excluding hydrogens is 309 g/mol. The molecule has 3 rings (SSSR count). The van der Waals surface area contributed by atoms with Crippen molar-refractivity contribution >= 4 is 29.0 Å². The minimum absolute atomic E-state index is 0.0262. The van der Waals surface area contributed by atoms with Crippen molar-refractivity contribution in [2.24, 2.45) is 0 Å². The fourth-order valence-electron chi connectivity index (χ4n) is 2.46. The minimum Gasteiger partial charge on any atom is -0.302 e. The number of hydrogen-bond donors (Lipinski definition) is 0. The van der Waals surface area contributed by atoms with Crippen LogP contribution in [0.1, 0.15) is 24.2 Å². The number of amides is 1. The highest BCUT2D eigenvalue weighted by molar-refractivity contribution is 6.52. The highest BCUT2D eigenvalue weighted by Crippen LogP contribution is 2.34. The second kappa shape index (κ2) is 5.14. The number of Topliss-reactive ketones (excluding diaryl/α,β-unsaturated/α-hetero) is 1. The Kier molecular flexibility index (Phi) is 3.41. The third kappa shape index (κ3) is 2.16. The Morgan fingerprint density at radius 1 is 1.27 bits per heavy atom. The molecule has 0 saturated carbocycles. The van der Waals surface area contributed by atoms with Crippen LogP contribution in [0.2, 0.25) is 5.28 Å². The van der Waals surface area contributed by atoms with Gasteiger partial charge in [-0.3, -0.25) is 9.59 Å². The molecule has 0 atom stereocenters. The molecule has 0 aliphatic carbocycles. The summed E-state index contributed by atoms with van der Waals surface area (Å²) in [5, 5.41) is -0.0789. The summed E-state index contributed by atoms with van der Waals surface area (Å²) in [5.41, 5.74) is 1.21. The van der Waals surface area contributed by atoms with Gasteiger partial charge < -0.3 is 4.90 Å². The van der Waals surface area contributed by atoms with Crippen LogP contribution in [0.3, 0.4) is 0 Å². The number of aromatic nitrogens is 2. The Bertz CT molecular complexity index is 807. The maximum atomic E-state index is 13.9. The molecule has 1 aromatic heterocycles. The van der Waals surface area contributed by atoms with E-state index in [-0.39, 0.29) is 17.0 Å². The van der Waals surface area contributed by atoms with Gasteiger partial charge in [0, 0.05) is 11.6 Å². The van der Waals surface area contributed by atoms with Crippen LogP contribution in [0, 0.1) is 5.82 Å². The molecular formula is C15H11ClFN3O2. The standard InChI is InChI=1S/C15H11ClFN3O2/c1-7(2)20-11-5-8(3-4-9(11)13(21)14(20)22)12-10(17)6-18-15(16)19-12/h3-7H,1-2H3. The lowest BCUT2D eigenvalue weighted by atomic mass is 10.1. The van der Waals surface area contributed by atoms with Gasteiger partial charge in [-0.15, -0.1) is 0 Å². The average Bonchev–Trinajstić information content (AvgIpc) is 2.73. The van der Waals surface area contributed by atoms with E-state index >= 15 is 0 Å². The summed E-state index contributed by atoms with van der Waals surface area (Å²) < 4.78 is 13.9. The van der Waals surface area contributed by atoms with Crippen LogP contribution in [-0.4, -0.2) is 27.7 Å². The second-order valence-electron chi connectivity index (χ2n) is 5.17. The zero-order chi connectivity index (χ0) is 16.0. The first-order valence-electron chi connectivity index (χ1n) is 6.60. The Morgan fingerprint density at radius 3 is 2.68 bits per heavy atom. The Balaban J connectivity index is 2.18. The third-order valence-electron chi connectivity index (χ3n) is 3.42. The van der Waals surface area contributed by atoms with Gasteiger partial charge in [0.15, 0.2) is 5.82 Å². The number of nitrogens with zero attached hydrogens (tertiary/aromatic N) is 3. The fraction of sp³-hybridized carbons (Fsp3) is 0.200. The number of carbonyl (C=O) groups excluding carboxylic acids is 2. The molecule has 1 aliphatic heterocycles. The van der Waals surface area contributed by atoms with Crippen molar-refractivity contribution in [3.63, 3.8) is 0 Å². The van der Waals surface area contributed by atoms with Crippen LogP contribution >= 0.6 is 11.6 Å². The van der Waals surface area contributed by atoms with Gasteiger partial charge in [-0.25, -0.2) is 14.4 Å².